The van der Waals surface area contributed by atoms with E-state index in [9.17, 15) is 9.59 Å². The van der Waals surface area contributed by atoms with Gasteiger partial charge in [0.1, 0.15) is 0 Å². The molecule has 6 nitrogen and oxygen atoms in total. The van der Waals surface area contributed by atoms with Crippen LogP contribution < -0.4 is 10.6 Å². The van der Waals surface area contributed by atoms with Crippen LogP contribution in [0.1, 0.15) is 15.2 Å². The number of aromatic nitrogens is 1. The fourth-order valence-electron chi connectivity index (χ4n) is 1.44. The first-order valence-corrected chi connectivity index (χ1v) is 7.10. The first-order valence-electron chi connectivity index (χ1n) is 5.49. The lowest BCUT2D eigenvalue weighted by molar-refractivity contribution is 0.0696. The van der Waals surface area contributed by atoms with Crippen LogP contribution in [0.15, 0.2) is 28.9 Å². The third-order valence-corrected chi connectivity index (χ3v) is 3.82. The van der Waals surface area contributed by atoms with Crippen LogP contribution in [-0.4, -0.2) is 22.1 Å². The molecular formula is C12H10BrN3O3S. The van der Waals surface area contributed by atoms with Gasteiger partial charge in [-0.25, -0.2) is 14.6 Å². The van der Waals surface area contributed by atoms with E-state index in [2.05, 4.69) is 31.5 Å². The third-order valence-electron chi connectivity index (χ3n) is 2.30. The quantitative estimate of drug-likeness (QED) is 0.784. The zero-order valence-corrected chi connectivity index (χ0v) is 12.7. The molecule has 1 aromatic carbocycles. The van der Waals surface area contributed by atoms with E-state index in [1.807, 2.05) is 6.92 Å². The van der Waals surface area contributed by atoms with Crippen molar-refractivity contribution in [2.24, 2.45) is 0 Å². The summed E-state index contributed by atoms with van der Waals surface area (Å²) in [5.41, 5.74) is 0.462. The molecule has 0 bridgehead atoms. The molecule has 0 atom stereocenters. The topological polar surface area (TPSA) is 91.3 Å². The molecule has 3 N–H and O–H groups in total. The molecular weight excluding hydrogens is 346 g/mol. The molecule has 8 heteroatoms. The fraction of sp³-hybridized carbons (Fsp3) is 0.0833. The molecule has 2 aromatic rings. The first kappa shape index (κ1) is 14.5. The number of hydrogen-bond acceptors (Lipinski definition) is 4. The van der Waals surface area contributed by atoms with Crippen LogP contribution in [0.5, 0.6) is 0 Å². The Morgan fingerprint density at radius 2 is 2.10 bits per heavy atom. The number of carbonyl (C=O) groups excluding carboxylic acids is 1. The molecule has 2 amide bonds. The zero-order chi connectivity index (χ0) is 14.7. The van der Waals surface area contributed by atoms with Gasteiger partial charge in [-0.2, -0.15) is 0 Å². The van der Waals surface area contributed by atoms with Crippen molar-refractivity contribution in [3.63, 3.8) is 0 Å². The fourth-order valence-corrected chi connectivity index (χ4v) is 2.51. The summed E-state index contributed by atoms with van der Waals surface area (Å²) in [4.78, 5) is 27.7. The van der Waals surface area contributed by atoms with Crippen molar-refractivity contribution in [1.82, 2.24) is 4.98 Å². The normalized spacial score (nSPS) is 10.1. The molecule has 0 saturated heterocycles. The van der Waals surface area contributed by atoms with Gasteiger partial charge in [0, 0.05) is 21.2 Å². The molecule has 0 spiro atoms. The van der Waals surface area contributed by atoms with Gasteiger partial charge in [-0.05, 0) is 41.1 Å². The predicted octanol–water partition coefficient (Wildman–Crippen LogP) is 3.56. The van der Waals surface area contributed by atoms with Gasteiger partial charge in [0.25, 0.3) is 0 Å². The average Bonchev–Trinajstić information content (AvgIpc) is 2.76. The Hall–Kier alpha value is -1.93. The van der Waals surface area contributed by atoms with Gasteiger partial charge in [-0.15, -0.1) is 11.3 Å². The number of aryl methyl sites for hydroxylation is 1. The van der Waals surface area contributed by atoms with Crippen LogP contribution in [-0.2, 0) is 0 Å². The van der Waals surface area contributed by atoms with Crippen molar-refractivity contribution in [2.45, 2.75) is 6.92 Å². The number of hydrogen-bond donors (Lipinski definition) is 3. The molecule has 20 heavy (non-hydrogen) atoms. The monoisotopic (exact) mass is 355 g/mol. The van der Waals surface area contributed by atoms with E-state index < -0.39 is 12.0 Å². The number of rotatable bonds is 3. The lowest BCUT2D eigenvalue weighted by Gasteiger charge is -2.07. The molecule has 0 fully saturated rings. The number of nitrogens with zero attached hydrogens (tertiary/aromatic N) is 1. The number of carboxylic acid groups (broad SMARTS) is 1. The highest BCUT2D eigenvalue weighted by atomic mass is 79.9. The Balaban J connectivity index is 2.08. The largest absolute Gasteiger partial charge is 0.478 e. The summed E-state index contributed by atoms with van der Waals surface area (Å²) in [6, 6.07) is 4.06. The van der Waals surface area contributed by atoms with Gasteiger partial charge in [0.2, 0.25) is 0 Å². The van der Waals surface area contributed by atoms with E-state index in [0.29, 0.717) is 15.3 Å². The molecule has 2 rings (SSSR count). The van der Waals surface area contributed by atoms with Gasteiger partial charge < -0.3 is 10.4 Å². The van der Waals surface area contributed by atoms with Crippen LogP contribution in [0.4, 0.5) is 15.6 Å². The molecule has 0 unspecified atom stereocenters. The smallest absolute Gasteiger partial charge is 0.336 e. The van der Waals surface area contributed by atoms with E-state index in [0.717, 1.165) is 4.88 Å². The van der Waals surface area contributed by atoms with Crippen molar-refractivity contribution >= 4 is 50.1 Å². The highest BCUT2D eigenvalue weighted by molar-refractivity contribution is 9.10. The number of anilines is 2. The highest BCUT2D eigenvalue weighted by Crippen LogP contribution is 2.22. The maximum Gasteiger partial charge on any atom is 0.336 e. The molecule has 1 aromatic heterocycles. The molecule has 0 aliphatic rings. The lowest BCUT2D eigenvalue weighted by atomic mass is 10.2. The number of carbonyl (C=O) groups is 2. The van der Waals surface area contributed by atoms with Crippen molar-refractivity contribution in [1.29, 1.82) is 0 Å². The van der Waals surface area contributed by atoms with Crippen molar-refractivity contribution in [2.75, 3.05) is 10.6 Å². The second-order valence-corrected chi connectivity index (χ2v) is 5.94. The summed E-state index contributed by atoms with van der Waals surface area (Å²) in [7, 11) is 0. The SMILES string of the molecule is Cc1cnc(NC(=O)Nc2ccc(Br)c(C(=O)O)c2)s1. The lowest BCUT2D eigenvalue weighted by Crippen LogP contribution is -2.19. The Morgan fingerprint density at radius 1 is 1.35 bits per heavy atom. The van der Waals surface area contributed by atoms with Crippen molar-refractivity contribution < 1.29 is 14.7 Å². The van der Waals surface area contributed by atoms with Crippen molar-refractivity contribution in [3.8, 4) is 0 Å². The van der Waals surface area contributed by atoms with E-state index in [4.69, 9.17) is 5.11 Å². The number of thiazole rings is 1. The number of halogens is 1. The van der Waals surface area contributed by atoms with Gasteiger partial charge in [0.05, 0.1) is 5.56 Å². The standard InChI is InChI=1S/C12H10BrN3O3S/c1-6-5-14-12(20-6)16-11(19)15-7-2-3-9(13)8(4-7)10(17)18/h2-5H,1H3,(H,17,18)(H2,14,15,16,19). The summed E-state index contributed by atoms with van der Waals surface area (Å²) in [5, 5.41) is 14.6. The minimum absolute atomic E-state index is 0.0768. The highest BCUT2D eigenvalue weighted by Gasteiger charge is 2.11. The average molecular weight is 356 g/mol. The number of urea groups is 1. The van der Waals surface area contributed by atoms with E-state index in [1.165, 1.54) is 17.4 Å². The zero-order valence-electron chi connectivity index (χ0n) is 10.3. The number of benzene rings is 1. The Kier molecular flexibility index (Phi) is 4.35. The Morgan fingerprint density at radius 3 is 2.70 bits per heavy atom. The van der Waals surface area contributed by atoms with Gasteiger partial charge in [-0.3, -0.25) is 5.32 Å². The maximum atomic E-state index is 11.7. The molecule has 0 aliphatic carbocycles. The maximum absolute atomic E-state index is 11.7. The van der Waals surface area contributed by atoms with E-state index >= 15 is 0 Å². The summed E-state index contributed by atoms with van der Waals surface area (Å²) in [5.74, 6) is -1.07. The van der Waals surface area contributed by atoms with Crippen molar-refractivity contribution in [3.05, 3.63) is 39.3 Å². The minimum atomic E-state index is -1.07. The molecule has 1 heterocycles. The van der Waals surface area contributed by atoms with E-state index in [-0.39, 0.29) is 5.56 Å². The second kappa shape index (κ2) is 6.02. The number of aromatic carboxylic acids is 1. The van der Waals surface area contributed by atoms with Crippen LogP contribution in [0.3, 0.4) is 0 Å². The van der Waals surface area contributed by atoms with E-state index in [1.54, 1.807) is 18.3 Å². The summed E-state index contributed by atoms with van der Waals surface area (Å²) < 4.78 is 0.450. The number of carboxylic acids is 1. The Bertz CT molecular complexity index is 672. The van der Waals surface area contributed by atoms with Gasteiger partial charge in [-0.1, -0.05) is 0 Å². The first-order chi connectivity index (χ1) is 9.45. The van der Waals surface area contributed by atoms with Crippen LogP contribution >= 0.6 is 27.3 Å². The molecule has 0 saturated carbocycles. The van der Waals surface area contributed by atoms with Crippen LogP contribution in [0.2, 0.25) is 0 Å². The van der Waals surface area contributed by atoms with Gasteiger partial charge >= 0.3 is 12.0 Å². The minimum Gasteiger partial charge on any atom is -0.478 e. The summed E-state index contributed by atoms with van der Waals surface area (Å²) in [6.45, 7) is 1.88. The molecule has 0 radical (unpaired) electrons. The summed E-state index contributed by atoms with van der Waals surface area (Å²) >= 11 is 4.49. The summed E-state index contributed by atoms with van der Waals surface area (Å²) in [6.07, 6.45) is 1.66. The van der Waals surface area contributed by atoms with Gasteiger partial charge in [0.15, 0.2) is 5.13 Å². The van der Waals surface area contributed by atoms with Crippen LogP contribution in [0, 0.1) is 6.92 Å². The number of amides is 2. The third kappa shape index (κ3) is 3.55. The molecule has 0 aliphatic heterocycles. The predicted molar refractivity (Wildman–Crippen MR) is 80.6 cm³/mol. The second-order valence-electron chi connectivity index (χ2n) is 3.85. The van der Waals surface area contributed by atoms with Crippen LogP contribution in [0.25, 0.3) is 0 Å². The number of nitrogens with one attached hydrogen (secondary N) is 2. The molecule has 104 valence electrons. The Labute approximate surface area is 127 Å².